The highest BCUT2D eigenvalue weighted by Gasteiger charge is 2.12. The lowest BCUT2D eigenvalue weighted by atomic mass is 10.1. The summed E-state index contributed by atoms with van der Waals surface area (Å²) in [4.78, 5) is 29.7. The fourth-order valence-electron chi connectivity index (χ4n) is 1.38. The summed E-state index contributed by atoms with van der Waals surface area (Å²) in [6, 6.07) is -0.127. The van der Waals surface area contributed by atoms with Crippen molar-refractivity contribution in [3.63, 3.8) is 0 Å². The molecule has 1 unspecified atom stereocenters. The summed E-state index contributed by atoms with van der Waals surface area (Å²) in [5.41, 5.74) is 0.146. The molecule has 1 atom stereocenters. The number of carbonyl (C=O) groups is 2. The minimum Gasteiger partial charge on any atom is -0.481 e. The van der Waals surface area contributed by atoms with Crippen LogP contribution in [0, 0.1) is 0 Å². The van der Waals surface area contributed by atoms with E-state index in [-0.39, 0.29) is 29.2 Å². The van der Waals surface area contributed by atoms with Gasteiger partial charge in [0.2, 0.25) is 0 Å². The zero-order valence-electron chi connectivity index (χ0n) is 9.89. The van der Waals surface area contributed by atoms with Crippen molar-refractivity contribution >= 4 is 23.5 Å². The van der Waals surface area contributed by atoms with E-state index in [9.17, 15) is 9.59 Å². The molecule has 18 heavy (non-hydrogen) atoms. The molecule has 1 amide bonds. The molecule has 2 N–H and O–H groups in total. The summed E-state index contributed by atoms with van der Waals surface area (Å²) in [5, 5.41) is 11.4. The Morgan fingerprint density at radius 2 is 2.22 bits per heavy atom. The largest absolute Gasteiger partial charge is 0.481 e. The smallest absolute Gasteiger partial charge is 0.303 e. The number of halogens is 1. The molecule has 0 aromatic carbocycles. The predicted octanol–water partition coefficient (Wildman–Crippen LogP) is 1.50. The molecule has 0 aliphatic rings. The molecule has 0 bridgehead atoms. The Morgan fingerprint density at radius 3 is 2.83 bits per heavy atom. The topological polar surface area (TPSA) is 92.2 Å². The van der Waals surface area contributed by atoms with Crippen molar-refractivity contribution in [3.05, 3.63) is 23.2 Å². The molecular formula is C11H14ClN3O3. The third-order valence-corrected chi connectivity index (χ3v) is 2.43. The minimum absolute atomic E-state index is 0.0944. The number of aromatic nitrogens is 2. The third kappa shape index (κ3) is 5.09. The van der Waals surface area contributed by atoms with Gasteiger partial charge in [-0.1, -0.05) is 11.6 Å². The molecule has 0 radical (unpaired) electrons. The zero-order chi connectivity index (χ0) is 13.5. The molecule has 7 heteroatoms. The standard InChI is InChI=1S/C11H14ClN3O3/c1-7(3-2-4-10(16)17)14-11(18)8-5-13-6-9(12)15-8/h5-7H,2-4H2,1H3,(H,14,18)(H,16,17). The molecule has 98 valence electrons. The summed E-state index contributed by atoms with van der Waals surface area (Å²) in [6.45, 7) is 1.80. The van der Waals surface area contributed by atoms with E-state index in [0.717, 1.165) is 0 Å². The lowest BCUT2D eigenvalue weighted by Gasteiger charge is -2.12. The Morgan fingerprint density at radius 1 is 1.50 bits per heavy atom. The van der Waals surface area contributed by atoms with Crippen LogP contribution in [0.25, 0.3) is 0 Å². The van der Waals surface area contributed by atoms with Crippen LogP contribution in [0.15, 0.2) is 12.4 Å². The third-order valence-electron chi connectivity index (χ3n) is 2.24. The zero-order valence-corrected chi connectivity index (χ0v) is 10.6. The Labute approximate surface area is 109 Å². The van der Waals surface area contributed by atoms with Gasteiger partial charge in [0.25, 0.3) is 5.91 Å². The Kier molecular flexibility index (Phi) is 5.51. The number of hydrogen-bond acceptors (Lipinski definition) is 4. The van der Waals surface area contributed by atoms with E-state index in [1.165, 1.54) is 12.4 Å². The van der Waals surface area contributed by atoms with Crippen molar-refractivity contribution in [2.24, 2.45) is 0 Å². The number of amides is 1. The minimum atomic E-state index is -0.839. The van der Waals surface area contributed by atoms with E-state index < -0.39 is 5.97 Å². The highest BCUT2D eigenvalue weighted by molar-refractivity contribution is 6.29. The van der Waals surface area contributed by atoms with E-state index in [1.807, 2.05) is 0 Å². The first kappa shape index (κ1) is 14.4. The molecule has 1 rings (SSSR count). The molecule has 0 aliphatic heterocycles. The number of carboxylic acids is 1. The maximum absolute atomic E-state index is 11.7. The summed E-state index contributed by atoms with van der Waals surface area (Å²) >= 11 is 5.63. The first-order chi connectivity index (χ1) is 8.49. The second-order valence-electron chi connectivity index (χ2n) is 3.89. The lowest BCUT2D eigenvalue weighted by Crippen LogP contribution is -2.33. The van der Waals surface area contributed by atoms with Gasteiger partial charge in [0.05, 0.1) is 12.4 Å². The SMILES string of the molecule is CC(CCCC(=O)O)NC(=O)c1cncc(Cl)n1. The predicted molar refractivity (Wildman–Crippen MR) is 65.5 cm³/mol. The highest BCUT2D eigenvalue weighted by Crippen LogP contribution is 2.04. The van der Waals surface area contributed by atoms with Crippen LogP contribution in [0.5, 0.6) is 0 Å². The second-order valence-corrected chi connectivity index (χ2v) is 4.27. The number of carbonyl (C=O) groups excluding carboxylic acids is 1. The monoisotopic (exact) mass is 271 g/mol. The second kappa shape index (κ2) is 6.90. The first-order valence-corrected chi connectivity index (χ1v) is 5.87. The van der Waals surface area contributed by atoms with Gasteiger partial charge in [0.1, 0.15) is 10.8 Å². The number of nitrogens with one attached hydrogen (secondary N) is 1. The van der Waals surface area contributed by atoms with Crippen molar-refractivity contribution in [3.8, 4) is 0 Å². The number of carboxylic acid groups (broad SMARTS) is 1. The average molecular weight is 272 g/mol. The van der Waals surface area contributed by atoms with Gasteiger partial charge in [-0.15, -0.1) is 0 Å². The molecule has 0 fully saturated rings. The van der Waals surface area contributed by atoms with Crippen LogP contribution in [0.1, 0.15) is 36.7 Å². The van der Waals surface area contributed by atoms with E-state index in [4.69, 9.17) is 16.7 Å². The summed E-state index contributed by atoms with van der Waals surface area (Å²) in [6.07, 6.45) is 3.86. The maximum Gasteiger partial charge on any atom is 0.303 e. The normalized spacial score (nSPS) is 11.9. The van der Waals surface area contributed by atoms with Crippen LogP contribution in [0.4, 0.5) is 0 Å². The van der Waals surface area contributed by atoms with Crippen molar-refractivity contribution < 1.29 is 14.7 Å². The first-order valence-electron chi connectivity index (χ1n) is 5.49. The Balaban J connectivity index is 2.42. The van der Waals surface area contributed by atoms with Crippen LogP contribution in [-0.4, -0.2) is 33.0 Å². The average Bonchev–Trinajstić information content (AvgIpc) is 2.28. The molecule has 1 heterocycles. The number of hydrogen-bond donors (Lipinski definition) is 2. The van der Waals surface area contributed by atoms with E-state index in [2.05, 4.69) is 15.3 Å². The quantitative estimate of drug-likeness (QED) is 0.818. The van der Waals surface area contributed by atoms with Gasteiger partial charge in [0, 0.05) is 12.5 Å². The number of rotatable bonds is 6. The van der Waals surface area contributed by atoms with Crippen LogP contribution in [0.3, 0.4) is 0 Å². The van der Waals surface area contributed by atoms with Gasteiger partial charge in [-0.05, 0) is 19.8 Å². The van der Waals surface area contributed by atoms with E-state index >= 15 is 0 Å². The summed E-state index contributed by atoms with van der Waals surface area (Å²) in [7, 11) is 0. The van der Waals surface area contributed by atoms with Gasteiger partial charge >= 0.3 is 5.97 Å². The summed E-state index contributed by atoms with van der Waals surface area (Å²) in [5.74, 6) is -1.21. The summed E-state index contributed by atoms with van der Waals surface area (Å²) < 4.78 is 0. The molecular weight excluding hydrogens is 258 g/mol. The van der Waals surface area contributed by atoms with Crippen LogP contribution >= 0.6 is 11.6 Å². The fourth-order valence-corrected chi connectivity index (χ4v) is 1.53. The Hall–Kier alpha value is -1.69. The van der Waals surface area contributed by atoms with Crippen molar-refractivity contribution in [1.29, 1.82) is 0 Å². The van der Waals surface area contributed by atoms with Crippen LogP contribution < -0.4 is 5.32 Å². The van der Waals surface area contributed by atoms with Gasteiger partial charge in [-0.25, -0.2) is 4.98 Å². The number of nitrogens with zero attached hydrogens (tertiary/aromatic N) is 2. The molecule has 0 aliphatic carbocycles. The van der Waals surface area contributed by atoms with Crippen molar-refractivity contribution in [1.82, 2.24) is 15.3 Å². The molecule has 1 aromatic rings. The molecule has 6 nitrogen and oxygen atoms in total. The Bertz CT molecular complexity index is 439. The molecule has 0 saturated heterocycles. The maximum atomic E-state index is 11.7. The van der Waals surface area contributed by atoms with Gasteiger partial charge in [-0.3, -0.25) is 14.6 Å². The van der Waals surface area contributed by atoms with Crippen LogP contribution in [0.2, 0.25) is 5.15 Å². The molecule has 0 spiro atoms. The molecule has 1 aromatic heterocycles. The van der Waals surface area contributed by atoms with Crippen molar-refractivity contribution in [2.45, 2.75) is 32.2 Å². The van der Waals surface area contributed by atoms with E-state index in [1.54, 1.807) is 6.92 Å². The van der Waals surface area contributed by atoms with E-state index in [0.29, 0.717) is 12.8 Å². The number of aliphatic carboxylic acids is 1. The molecule has 0 saturated carbocycles. The van der Waals surface area contributed by atoms with Crippen molar-refractivity contribution in [2.75, 3.05) is 0 Å². The van der Waals surface area contributed by atoms with Crippen LogP contribution in [-0.2, 0) is 4.79 Å². The van der Waals surface area contributed by atoms with Gasteiger partial charge in [-0.2, -0.15) is 0 Å². The van der Waals surface area contributed by atoms with Gasteiger partial charge < -0.3 is 10.4 Å². The fraction of sp³-hybridized carbons (Fsp3) is 0.455. The lowest BCUT2D eigenvalue weighted by molar-refractivity contribution is -0.137. The highest BCUT2D eigenvalue weighted by atomic mass is 35.5. The van der Waals surface area contributed by atoms with Gasteiger partial charge in [0.15, 0.2) is 0 Å².